The molecular formula is C108H52B4N4O12. The highest BCUT2D eigenvalue weighted by molar-refractivity contribution is 7.02. The third kappa shape index (κ3) is 8.11. The summed E-state index contributed by atoms with van der Waals surface area (Å²) in [6.45, 7) is -0.236. The fraction of sp³-hybridized carbons (Fsp3) is 0. The zero-order chi connectivity index (χ0) is 82.2. The second-order valence-corrected chi connectivity index (χ2v) is 34.9. The van der Waals surface area contributed by atoms with Gasteiger partial charge >= 0.3 is 0 Å². The maximum Gasteiger partial charge on any atom is 0.270 e. The number of hydrogen-bond acceptors (Lipinski definition) is 12. The van der Waals surface area contributed by atoms with Gasteiger partial charge in [-0.25, -0.2) is 0 Å². The molecule has 20 heteroatoms. The molecule has 12 aliphatic rings. The standard InChI is InChI=1S/2C54H26B2N2O6/c1-3-11-33-29(9-1)31-25-36-32(26-35(31)57(33)27-21-45-53-46(22-27)62-42-18-6-14-38-50(42)55(53)49-37(59-38)13-5-17-41(49)61-45)30-10-2-4-12-34(30)58(36)28-23-47-54-48(24-28)64-44-20-8-16-40-52(44)56(54)51-39(60-40)15-7-19-43(51)63-47;1-3-11-32-29(9-1)30-21-22-34-47(54(30)58(32)28-25-45-53-46(26-28)64-42-20-8-16-38-51(42)56(53)50-37(60-38)15-7-19-41(50)63-45)31-10-2-4-12-33(31)57(34)27-23-43-52-44(24-27)62-40-18-6-14-36-49(40)55(52)48-35(59-36)13-5-17-39(48)61-43/h2*1-26H. The van der Waals surface area contributed by atoms with Crippen LogP contribution in [0.5, 0.6) is 138 Å². The molecule has 0 radical (unpaired) electrons. The normalized spacial score (nSPS) is 14.3. The number of aromatic nitrogens is 4. The molecule has 16 heterocycles. The maximum absolute atomic E-state index is 6.86. The predicted molar refractivity (Wildman–Crippen MR) is 501 cm³/mol. The van der Waals surface area contributed by atoms with Crippen LogP contribution in [0.15, 0.2) is 315 Å². The highest BCUT2D eigenvalue weighted by atomic mass is 16.5. The first-order valence-corrected chi connectivity index (χ1v) is 43.2. The lowest BCUT2D eigenvalue weighted by Gasteiger charge is -2.37. The Labute approximate surface area is 726 Å². The molecule has 0 aliphatic carbocycles. The van der Waals surface area contributed by atoms with E-state index in [2.05, 4.69) is 188 Å². The van der Waals surface area contributed by atoms with Crippen molar-refractivity contribution in [1.82, 2.24) is 18.3 Å². The van der Waals surface area contributed by atoms with Gasteiger partial charge < -0.3 is 75.1 Å². The van der Waals surface area contributed by atoms with Gasteiger partial charge in [-0.15, -0.1) is 0 Å². The topological polar surface area (TPSA) is 130 Å². The van der Waals surface area contributed by atoms with Gasteiger partial charge in [0.25, 0.3) is 26.9 Å². The van der Waals surface area contributed by atoms with Crippen LogP contribution in [0, 0.1) is 0 Å². The highest BCUT2D eigenvalue weighted by Crippen LogP contribution is 2.53. The Morgan fingerprint density at radius 3 is 0.617 bits per heavy atom. The third-order valence-electron chi connectivity index (χ3n) is 28.6. The van der Waals surface area contributed by atoms with E-state index in [1.165, 1.54) is 0 Å². The fourth-order valence-corrected chi connectivity index (χ4v) is 23.8. The average molecular weight is 1640 g/mol. The van der Waals surface area contributed by atoms with Crippen molar-refractivity contribution in [2.45, 2.75) is 0 Å². The van der Waals surface area contributed by atoms with E-state index in [0.29, 0.717) is 0 Å². The summed E-state index contributed by atoms with van der Waals surface area (Å²) >= 11 is 0. The van der Waals surface area contributed by atoms with E-state index < -0.39 is 0 Å². The van der Waals surface area contributed by atoms with Crippen molar-refractivity contribution < 1.29 is 56.8 Å². The van der Waals surface area contributed by atoms with Gasteiger partial charge in [0, 0.05) is 157 Å². The quantitative estimate of drug-likeness (QED) is 0.155. The molecule has 12 aliphatic heterocycles. The minimum absolute atomic E-state index is 0.0540. The van der Waals surface area contributed by atoms with E-state index in [0.717, 1.165) is 314 Å². The van der Waals surface area contributed by atoms with Gasteiger partial charge in [-0.05, 0) is 140 Å². The van der Waals surface area contributed by atoms with Crippen molar-refractivity contribution in [3.63, 3.8) is 0 Å². The summed E-state index contributed by atoms with van der Waals surface area (Å²) in [6.07, 6.45) is 0. The van der Waals surface area contributed by atoms with Gasteiger partial charge in [0.2, 0.25) is 0 Å². The number of hydrogen-bond donors (Lipinski definition) is 0. The molecule has 0 unspecified atom stereocenters. The van der Waals surface area contributed by atoms with Gasteiger partial charge in [-0.1, -0.05) is 127 Å². The molecule has 0 fully saturated rings. The van der Waals surface area contributed by atoms with Gasteiger partial charge in [0.05, 0.1) is 66.9 Å². The van der Waals surface area contributed by atoms with E-state index in [9.17, 15) is 0 Å². The second kappa shape index (κ2) is 22.9. The summed E-state index contributed by atoms with van der Waals surface area (Å²) in [5.41, 5.74) is 24.9. The summed E-state index contributed by atoms with van der Waals surface area (Å²) < 4.78 is 89.7. The second-order valence-electron chi connectivity index (χ2n) is 34.9. The molecular weight excluding hydrogens is 1590 g/mol. The molecule has 0 spiro atoms. The van der Waals surface area contributed by atoms with E-state index in [1.807, 2.05) is 146 Å². The Morgan fingerprint density at radius 1 is 0.141 bits per heavy atom. The highest BCUT2D eigenvalue weighted by Gasteiger charge is 2.52. The van der Waals surface area contributed by atoms with Crippen LogP contribution in [0.25, 0.3) is 110 Å². The van der Waals surface area contributed by atoms with E-state index in [4.69, 9.17) is 56.8 Å². The smallest absolute Gasteiger partial charge is 0.270 e. The summed E-state index contributed by atoms with van der Waals surface area (Å²) in [4.78, 5) is 0. The number of nitrogens with zero attached hydrogens (tertiary/aromatic N) is 4. The Bertz CT molecular complexity index is 8630. The zero-order valence-corrected chi connectivity index (χ0v) is 67.0. The number of para-hydroxylation sites is 4. The largest absolute Gasteiger partial charge is 0.458 e. The molecule has 588 valence electrons. The van der Waals surface area contributed by atoms with Crippen molar-refractivity contribution in [1.29, 1.82) is 0 Å². The lowest BCUT2D eigenvalue weighted by Crippen LogP contribution is -2.59. The first-order valence-electron chi connectivity index (χ1n) is 43.2. The van der Waals surface area contributed by atoms with Crippen molar-refractivity contribution in [2.75, 3.05) is 0 Å². The Morgan fingerprint density at radius 2 is 0.344 bits per heavy atom. The molecule has 0 bridgehead atoms. The van der Waals surface area contributed by atoms with Crippen molar-refractivity contribution in [3.8, 4) is 161 Å². The average Bonchev–Trinajstić information content (AvgIpc) is 1.57. The first-order chi connectivity index (χ1) is 63.4. The molecule has 128 heavy (non-hydrogen) atoms. The van der Waals surface area contributed by atoms with Crippen molar-refractivity contribution >= 4 is 180 Å². The Kier molecular flexibility index (Phi) is 11.7. The monoisotopic (exact) mass is 1640 g/mol. The Hall–Kier alpha value is -17.0. The first kappa shape index (κ1) is 65.7. The molecule has 18 aromatic carbocycles. The van der Waals surface area contributed by atoms with E-state index in [1.54, 1.807) is 0 Å². The molecule has 16 nitrogen and oxygen atoms in total. The molecule has 0 saturated heterocycles. The molecule has 0 atom stereocenters. The SMILES string of the molecule is c1cc2c3c(c1)Oc1cc(-n4c5ccccc5c5c4ccc4c6ccccc6n(-c6cc7c8c(c6)Oc6cccc9c6B8c6c(cccc6O7)O9)c45)cc4c1B3c1c(cccc1O4)O2.c1cc2c3c(c1)Oc1cc(-n4c5ccccc5c5cc6c(cc54)c4ccccc4n6-c4cc5c6c(c4)Oc4cccc7c4B6c4c(cccc4O5)O7)cc4c1B3c1c(cccc1O4)O2. The lowest BCUT2D eigenvalue weighted by molar-refractivity contribution is 0.442. The fourth-order valence-electron chi connectivity index (χ4n) is 23.8. The Balaban J connectivity index is 0.000000118. The summed E-state index contributed by atoms with van der Waals surface area (Å²) in [5.74, 6) is 19.2. The molecule has 22 aromatic rings. The molecule has 34 rings (SSSR count). The summed E-state index contributed by atoms with van der Waals surface area (Å²) in [7, 11) is 0. The van der Waals surface area contributed by atoms with E-state index in [-0.39, 0.29) is 26.9 Å². The van der Waals surface area contributed by atoms with Gasteiger partial charge in [-0.2, -0.15) is 0 Å². The zero-order valence-electron chi connectivity index (χ0n) is 67.0. The number of fused-ring (bicyclic) bond motifs is 13. The van der Waals surface area contributed by atoms with Crippen LogP contribution in [-0.4, -0.2) is 45.1 Å². The number of rotatable bonds is 4. The van der Waals surface area contributed by atoms with E-state index >= 15 is 0 Å². The van der Waals surface area contributed by atoms with Gasteiger partial charge in [0.15, 0.2) is 0 Å². The molecule has 0 N–H and O–H groups in total. The molecule has 0 amide bonds. The van der Waals surface area contributed by atoms with Crippen molar-refractivity contribution in [2.24, 2.45) is 0 Å². The number of ether oxygens (including phenoxy) is 12. The van der Waals surface area contributed by atoms with Crippen LogP contribution < -0.4 is 122 Å². The number of benzene rings is 18. The molecule has 4 aromatic heterocycles. The maximum atomic E-state index is 6.86. The van der Waals surface area contributed by atoms with Crippen LogP contribution in [-0.2, 0) is 0 Å². The van der Waals surface area contributed by atoms with Crippen LogP contribution in [0.1, 0.15) is 0 Å². The van der Waals surface area contributed by atoms with Gasteiger partial charge in [-0.3, -0.25) is 0 Å². The summed E-state index contributed by atoms with van der Waals surface area (Å²) in [6, 6.07) is 110. The van der Waals surface area contributed by atoms with Gasteiger partial charge in [0.1, 0.15) is 138 Å². The van der Waals surface area contributed by atoms with Crippen LogP contribution >= 0.6 is 0 Å². The molecule has 0 saturated carbocycles. The third-order valence-corrected chi connectivity index (χ3v) is 28.6. The van der Waals surface area contributed by atoms with Crippen LogP contribution in [0.4, 0.5) is 0 Å². The van der Waals surface area contributed by atoms with Crippen LogP contribution in [0.2, 0.25) is 0 Å². The van der Waals surface area contributed by atoms with Crippen molar-refractivity contribution in [3.05, 3.63) is 315 Å². The minimum Gasteiger partial charge on any atom is -0.458 e. The minimum atomic E-state index is -0.0668. The lowest BCUT2D eigenvalue weighted by atomic mass is 9.34. The van der Waals surface area contributed by atoms with Crippen LogP contribution in [0.3, 0.4) is 0 Å². The predicted octanol–water partition coefficient (Wildman–Crippen LogP) is 19.1. The summed E-state index contributed by atoms with van der Waals surface area (Å²) in [5, 5.41) is 9.13.